The number of benzene rings is 1. The molecule has 0 N–H and O–H groups in total. The lowest BCUT2D eigenvalue weighted by atomic mass is 9.66. The number of nitrogens with zero attached hydrogens (tertiary/aromatic N) is 1. The van der Waals surface area contributed by atoms with Crippen LogP contribution in [-0.2, 0) is 11.0 Å². The average molecular weight is 452 g/mol. The number of anilines is 1. The summed E-state index contributed by atoms with van der Waals surface area (Å²) in [5.41, 5.74) is 2.20. The van der Waals surface area contributed by atoms with Crippen LogP contribution in [0, 0.1) is 0 Å². The summed E-state index contributed by atoms with van der Waals surface area (Å²) in [6, 6.07) is 10.9. The highest BCUT2D eigenvalue weighted by molar-refractivity contribution is 7.13. The molecule has 2 heterocycles. The number of hydrogen-bond donors (Lipinski definition) is 0. The first-order valence-corrected chi connectivity index (χ1v) is 12.6. The van der Waals surface area contributed by atoms with Crippen LogP contribution in [0.3, 0.4) is 0 Å². The first-order valence-electron chi connectivity index (χ1n) is 11.7. The number of hydrogen-bond acceptors (Lipinski definition) is 5. The summed E-state index contributed by atoms with van der Waals surface area (Å²) < 4.78 is 5.70. The first kappa shape index (κ1) is 22.8. The van der Waals surface area contributed by atoms with Crippen molar-refractivity contribution in [3.63, 3.8) is 0 Å². The maximum atomic E-state index is 12.9. The van der Waals surface area contributed by atoms with E-state index < -0.39 is 16.4 Å². The van der Waals surface area contributed by atoms with Crippen LogP contribution < -0.4 is 20.5 Å². The van der Waals surface area contributed by atoms with E-state index >= 15 is 0 Å². The molecular weight excluding hydrogens is 418 g/mol. The molecule has 1 aromatic heterocycles. The lowest BCUT2D eigenvalue weighted by molar-refractivity contribution is 0.257. The van der Waals surface area contributed by atoms with Crippen molar-refractivity contribution in [2.45, 2.75) is 71.3 Å². The lowest BCUT2D eigenvalue weighted by Gasteiger charge is -2.46. The largest absolute Gasteiger partial charge is 0.489 e. The third-order valence-corrected chi connectivity index (χ3v) is 8.32. The van der Waals surface area contributed by atoms with Gasteiger partial charge in [0.2, 0.25) is 5.43 Å². The number of fused-ring (bicyclic) bond motifs is 1. The predicted molar refractivity (Wildman–Crippen MR) is 134 cm³/mol. The molecule has 5 heteroatoms. The zero-order chi connectivity index (χ0) is 23.1. The Balaban J connectivity index is 1.86. The predicted octanol–water partition coefficient (Wildman–Crippen LogP) is 6.00. The van der Waals surface area contributed by atoms with Crippen LogP contribution >= 0.6 is 11.3 Å². The number of unbranched alkanes of at least 4 members (excludes halogenated alkanes) is 3. The van der Waals surface area contributed by atoms with Gasteiger partial charge in [0.15, 0.2) is 5.75 Å². The Hall–Kier alpha value is -2.40. The Morgan fingerprint density at radius 3 is 2.44 bits per heavy atom. The van der Waals surface area contributed by atoms with E-state index in [1.807, 2.05) is 6.92 Å². The van der Waals surface area contributed by atoms with Crippen molar-refractivity contribution in [3.8, 4) is 16.2 Å². The standard InChI is InChI=1S/C27H33NO3S/c1-6-8-9-10-15-28-20-14-13-18(21-12-11-16-32-21)17-19(20)26(3,4)27(28,5)22-23(29)24(30)25(22)31-7-2/h11-14,16-17H,6-10,15H2,1-5H3. The minimum absolute atomic E-state index is 0.262. The number of rotatable bonds is 9. The van der Waals surface area contributed by atoms with Crippen molar-refractivity contribution >= 4 is 17.0 Å². The minimum atomic E-state index is -0.648. The molecule has 1 aliphatic heterocycles. The van der Waals surface area contributed by atoms with E-state index in [1.54, 1.807) is 11.3 Å². The first-order chi connectivity index (χ1) is 15.3. The van der Waals surface area contributed by atoms with Crippen molar-refractivity contribution in [1.29, 1.82) is 0 Å². The van der Waals surface area contributed by atoms with Gasteiger partial charge >= 0.3 is 0 Å². The van der Waals surface area contributed by atoms with E-state index in [1.165, 1.54) is 28.8 Å². The average Bonchev–Trinajstić information content (AvgIpc) is 3.37. The van der Waals surface area contributed by atoms with Gasteiger partial charge in [0.05, 0.1) is 17.7 Å². The van der Waals surface area contributed by atoms with Gasteiger partial charge < -0.3 is 9.64 Å². The van der Waals surface area contributed by atoms with Crippen LogP contribution in [0.4, 0.5) is 5.69 Å². The van der Waals surface area contributed by atoms with Crippen molar-refractivity contribution < 1.29 is 4.74 Å². The van der Waals surface area contributed by atoms with Crippen molar-refractivity contribution in [1.82, 2.24) is 0 Å². The molecule has 0 saturated heterocycles. The van der Waals surface area contributed by atoms with Gasteiger partial charge in [0.25, 0.3) is 5.43 Å². The second-order valence-electron chi connectivity index (χ2n) is 9.41. The molecule has 32 heavy (non-hydrogen) atoms. The summed E-state index contributed by atoms with van der Waals surface area (Å²) in [5, 5.41) is 2.09. The van der Waals surface area contributed by atoms with Gasteiger partial charge in [0, 0.05) is 22.5 Å². The summed E-state index contributed by atoms with van der Waals surface area (Å²) in [4.78, 5) is 29.0. The molecule has 0 aliphatic carbocycles. The van der Waals surface area contributed by atoms with Gasteiger partial charge in [0.1, 0.15) is 0 Å². The summed E-state index contributed by atoms with van der Waals surface area (Å²) in [5.74, 6) is 0.262. The van der Waals surface area contributed by atoms with Crippen LogP contribution in [0.15, 0.2) is 45.3 Å². The van der Waals surface area contributed by atoms with E-state index in [0.29, 0.717) is 12.2 Å². The molecule has 1 atom stereocenters. The highest BCUT2D eigenvalue weighted by Gasteiger charge is 2.58. The highest BCUT2D eigenvalue weighted by atomic mass is 32.1. The Morgan fingerprint density at radius 1 is 1.00 bits per heavy atom. The Kier molecular flexibility index (Phi) is 6.06. The van der Waals surface area contributed by atoms with Crippen molar-refractivity contribution in [2.24, 2.45) is 0 Å². The zero-order valence-corrected chi connectivity index (χ0v) is 20.6. The molecular formula is C27H33NO3S. The second kappa shape index (κ2) is 8.51. The summed E-state index contributed by atoms with van der Waals surface area (Å²) in [6.07, 6.45) is 4.57. The van der Waals surface area contributed by atoms with Crippen molar-refractivity contribution in [2.75, 3.05) is 18.1 Å². The van der Waals surface area contributed by atoms with Gasteiger partial charge in [-0.25, -0.2) is 0 Å². The molecule has 1 aliphatic rings. The van der Waals surface area contributed by atoms with Crippen LogP contribution in [0.25, 0.3) is 10.4 Å². The minimum Gasteiger partial charge on any atom is -0.489 e. The monoisotopic (exact) mass is 451 g/mol. The molecule has 2 aromatic carbocycles. The van der Waals surface area contributed by atoms with Gasteiger partial charge in [-0.3, -0.25) is 9.59 Å². The van der Waals surface area contributed by atoms with E-state index in [2.05, 4.69) is 68.3 Å². The fourth-order valence-electron chi connectivity index (χ4n) is 5.29. The van der Waals surface area contributed by atoms with Crippen LogP contribution in [0.2, 0.25) is 0 Å². The zero-order valence-electron chi connectivity index (χ0n) is 19.8. The van der Waals surface area contributed by atoms with Crippen LogP contribution in [-0.4, -0.2) is 13.2 Å². The van der Waals surface area contributed by atoms with Crippen LogP contribution in [0.1, 0.15) is 71.4 Å². The quantitative estimate of drug-likeness (QED) is 0.296. The molecule has 0 fully saturated rings. The summed E-state index contributed by atoms with van der Waals surface area (Å²) >= 11 is 1.73. The third kappa shape index (κ3) is 3.24. The normalized spacial score (nSPS) is 19.5. The molecule has 0 saturated carbocycles. The number of thiophene rings is 1. The number of ether oxygens (including phenoxy) is 1. The van der Waals surface area contributed by atoms with E-state index in [0.717, 1.165) is 25.1 Å². The highest BCUT2D eigenvalue weighted by Crippen LogP contribution is 2.58. The summed E-state index contributed by atoms with van der Waals surface area (Å²) in [7, 11) is 0. The fraction of sp³-hybridized carbons (Fsp3) is 0.481. The van der Waals surface area contributed by atoms with Gasteiger partial charge in [-0.2, -0.15) is 0 Å². The second-order valence-corrected chi connectivity index (χ2v) is 10.4. The molecule has 1 unspecified atom stereocenters. The Morgan fingerprint density at radius 2 is 1.78 bits per heavy atom. The third-order valence-electron chi connectivity index (χ3n) is 7.40. The van der Waals surface area contributed by atoms with Gasteiger partial charge in [-0.1, -0.05) is 52.2 Å². The molecule has 0 spiro atoms. The Bertz CT molecular complexity index is 1170. The maximum Gasteiger partial charge on any atom is 0.268 e. The van der Waals surface area contributed by atoms with Crippen LogP contribution in [0.5, 0.6) is 5.75 Å². The Labute approximate surface area is 194 Å². The molecule has 4 rings (SSSR count). The van der Waals surface area contributed by atoms with Gasteiger partial charge in [-0.05, 0) is 55.0 Å². The summed E-state index contributed by atoms with van der Waals surface area (Å²) in [6.45, 7) is 11.8. The van der Waals surface area contributed by atoms with E-state index in [9.17, 15) is 9.59 Å². The molecule has 4 nitrogen and oxygen atoms in total. The smallest absolute Gasteiger partial charge is 0.268 e. The lowest BCUT2D eigenvalue weighted by Crippen LogP contribution is -2.58. The maximum absolute atomic E-state index is 12.9. The molecule has 0 radical (unpaired) electrons. The molecule has 0 amide bonds. The van der Waals surface area contributed by atoms with Crippen molar-refractivity contribution in [3.05, 3.63) is 67.3 Å². The van der Waals surface area contributed by atoms with Gasteiger partial charge in [-0.15, -0.1) is 11.3 Å². The molecule has 3 aromatic rings. The topological polar surface area (TPSA) is 46.6 Å². The SMILES string of the molecule is CCCCCCN1c2ccc(-c3cccs3)cc2C(C)(C)C1(C)c1c(OCC)c(=O)c1=O. The fourth-order valence-corrected chi connectivity index (χ4v) is 6.02. The molecule has 0 bridgehead atoms. The van der Waals surface area contributed by atoms with E-state index in [-0.39, 0.29) is 11.2 Å². The van der Waals surface area contributed by atoms with E-state index in [4.69, 9.17) is 4.74 Å². The molecule has 170 valence electrons.